The minimum Gasteiger partial charge on any atom is -0.374 e. The van der Waals surface area contributed by atoms with Crippen LogP contribution in [-0.4, -0.2) is 29.9 Å². The maximum absolute atomic E-state index is 13.2. The van der Waals surface area contributed by atoms with E-state index in [1.165, 1.54) is 23.1 Å². The number of anilines is 3. The number of carbonyl (C=O) groups excluding carboxylic acids is 2. The van der Waals surface area contributed by atoms with E-state index < -0.39 is 5.82 Å². The summed E-state index contributed by atoms with van der Waals surface area (Å²) in [6.07, 6.45) is 1.56. The molecule has 3 rings (SSSR count). The van der Waals surface area contributed by atoms with Crippen molar-refractivity contribution in [3.8, 4) is 0 Å². The van der Waals surface area contributed by atoms with E-state index in [2.05, 4.69) is 15.6 Å². The van der Waals surface area contributed by atoms with Gasteiger partial charge in [-0.3, -0.25) is 14.5 Å². The number of aromatic nitrogens is 1. The number of nitrogens with one attached hydrogen (secondary N) is 2. The Kier molecular flexibility index (Phi) is 3.69. The summed E-state index contributed by atoms with van der Waals surface area (Å²) in [5.41, 5.74) is 0.971. The molecule has 1 aliphatic heterocycles. The first-order chi connectivity index (χ1) is 10.6. The molecular formula is C15H13FN4O2. The first kappa shape index (κ1) is 14.0. The molecule has 6 nitrogen and oxygen atoms in total. The fraction of sp³-hybridized carbons (Fsp3) is 0.133. The summed E-state index contributed by atoms with van der Waals surface area (Å²) >= 11 is 0. The van der Waals surface area contributed by atoms with Gasteiger partial charge >= 0.3 is 0 Å². The predicted octanol–water partition coefficient (Wildman–Crippen LogP) is 1.62. The largest absolute Gasteiger partial charge is 0.374 e. The van der Waals surface area contributed by atoms with E-state index in [9.17, 15) is 14.0 Å². The topological polar surface area (TPSA) is 74.3 Å². The Labute approximate surface area is 126 Å². The van der Waals surface area contributed by atoms with Gasteiger partial charge in [-0.25, -0.2) is 9.37 Å². The molecule has 0 radical (unpaired) electrons. The lowest BCUT2D eigenvalue weighted by molar-refractivity contribution is -0.120. The lowest BCUT2D eigenvalue weighted by Gasteiger charge is -2.29. The van der Waals surface area contributed by atoms with Gasteiger partial charge in [-0.2, -0.15) is 0 Å². The number of amides is 2. The van der Waals surface area contributed by atoms with Crippen LogP contribution in [0.25, 0.3) is 0 Å². The molecule has 2 N–H and O–H groups in total. The minimum absolute atomic E-state index is 0.0212. The van der Waals surface area contributed by atoms with Crippen molar-refractivity contribution in [1.29, 1.82) is 0 Å². The van der Waals surface area contributed by atoms with Gasteiger partial charge in [-0.1, -0.05) is 6.07 Å². The zero-order valence-electron chi connectivity index (χ0n) is 11.5. The predicted molar refractivity (Wildman–Crippen MR) is 80.1 cm³/mol. The van der Waals surface area contributed by atoms with Gasteiger partial charge in [-0.05, 0) is 30.3 Å². The SMILES string of the molecule is O=C(CN1C(=O)CNc2cc(F)ccc21)Nc1ccccn1. The van der Waals surface area contributed by atoms with Crippen LogP contribution in [0.15, 0.2) is 42.6 Å². The van der Waals surface area contributed by atoms with Crippen molar-refractivity contribution < 1.29 is 14.0 Å². The number of rotatable bonds is 3. The lowest BCUT2D eigenvalue weighted by Crippen LogP contribution is -2.44. The fourth-order valence-corrected chi connectivity index (χ4v) is 2.22. The smallest absolute Gasteiger partial charge is 0.246 e. The summed E-state index contributed by atoms with van der Waals surface area (Å²) < 4.78 is 13.2. The number of benzene rings is 1. The second-order valence-corrected chi connectivity index (χ2v) is 4.76. The molecule has 2 amide bonds. The third-order valence-corrected chi connectivity index (χ3v) is 3.21. The summed E-state index contributed by atoms with van der Waals surface area (Å²) in [6, 6.07) is 9.16. The van der Waals surface area contributed by atoms with E-state index >= 15 is 0 Å². The number of carbonyl (C=O) groups is 2. The zero-order valence-corrected chi connectivity index (χ0v) is 11.5. The molecule has 0 atom stereocenters. The number of pyridine rings is 1. The van der Waals surface area contributed by atoms with Crippen molar-refractivity contribution in [1.82, 2.24) is 4.98 Å². The molecule has 2 aromatic rings. The highest BCUT2D eigenvalue weighted by Gasteiger charge is 2.26. The van der Waals surface area contributed by atoms with Gasteiger partial charge in [0.2, 0.25) is 11.8 Å². The van der Waals surface area contributed by atoms with Gasteiger partial charge in [-0.15, -0.1) is 0 Å². The molecule has 2 heterocycles. The monoisotopic (exact) mass is 300 g/mol. The molecule has 0 saturated carbocycles. The molecule has 1 aromatic carbocycles. The van der Waals surface area contributed by atoms with Crippen LogP contribution in [0.1, 0.15) is 0 Å². The van der Waals surface area contributed by atoms with Crippen molar-refractivity contribution in [2.24, 2.45) is 0 Å². The zero-order chi connectivity index (χ0) is 15.5. The van der Waals surface area contributed by atoms with Crippen molar-refractivity contribution in [2.45, 2.75) is 0 Å². The Morgan fingerprint density at radius 2 is 2.23 bits per heavy atom. The summed E-state index contributed by atoms with van der Waals surface area (Å²) in [5.74, 6) is -0.618. The number of nitrogens with zero attached hydrogens (tertiary/aromatic N) is 2. The van der Waals surface area contributed by atoms with Crippen LogP contribution in [0.5, 0.6) is 0 Å². The Bertz CT molecular complexity index is 721. The first-order valence-electron chi connectivity index (χ1n) is 6.68. The van der Waals surface area contributed by atoms with Crippen molar-refractivity contribution in [2.75, 3.05) is 28.6 Å². The highest BCUT2D eigenvalue weighted by Crippen LogP contribution is 2.29. The van der Waals surface area contributed by atoms with Crippen LogP contribution in [-0.2, 0) is 9.59 Å². The molecule has 0 aliphatic carbocycles. The van der Waals surface area contributed by atoms with Gasteiger partial charge in [0, 0.05) is 6.20 Å². The molecule has 0 spiro atoms. The second-order valence-electron chi connectivity index (χ2n) is 4.76. The van der Waals surface area contributed by atoms with Gasteiger partial charge in [0.1, 0.15) is 18.2 Å². The van der Waals surface area contributed by atoms with Crippen molar-refractivity contribution in [3.63, 3.8) is 0 Å². The maximum atomic E-state index is 13.2. The third kappa shape index (κ3) is 2.88. The van der Waals surface area contributed by atoms with E-state index in [4.69, 9.17) is 0 Å². The average Bonchev–Trinajstić information content (AvgIpc) is 2.51. The summed E-state index contributed by atoms with van der Waals surface area (Å²) in [6.45, 7) is -0.136. The quantitative estimate of drug-likeness (QED) is 0.903. The summed E-state index contributed by atoms with van der Waals surface area (Å²) in [4.78, 5) is 29.4. The van der Waals surface area contributed by atoms with E-state index in [-0.39, 0.29) is 24.9 Å². The van der Waals surface area contributed by atoms with Crippen molar-refractivity contribution >= 4 is 29.0 Å². The van der Waals surface area contributed by atoms with Crippen LogP contribution in [0, 0.1) is 5.82 Å². The average molecular weight is 300 g/mol. The normalized spacial score (nSPS) is 13.3. The summed E-state index contributed by atoms with van der Waals surface area (Å²) in [5, 5.41) is 5.44. The first-order valence-corrected chi connectivity index (χ1v) is 6.68. The molecule has 1 aromatic heterocycles. The van der Waals surface area contributed by atoms with Crippen LogP contribution >= 0.6 is 0 Å². The third-order valence-electron chi connectivity index (χ3n) is 3.21. The molecule has 1 aliphatic rings. The lowest BCUT2D eigenvalue weighted by atomic mass is 10.2. The van der Waals surface area contributed by atoms with Gasteiger partial charge < -0.3 is 10.6 Å². The Morgan fingerprint density at radius 3 is 3.00 bits per heavy atom. The Balaban J connectivity index is 1.77. The Hall–Kier alpha value is -2.96. The second kappa shape index (κ2) is 5.80. The molecule has 22 heavy (non-hydrogen) atoms. The highest BCUT2D eigenvalue weighted by atomic mass is 19.1. The molecule has 0 saturated heterocycles. The standard InChI is InChI=1S/C15H13FN4O2/c16-10-4-5-12-11(7-10)18-8-15(22)20(12)9-14(21)19-13-3-1-2-6-17-13/h1-7,18H,8-9H2,(H,17,19,21). The number of hydrogen-bond donors (Lipinski definition) is 2. The van der Waals surface area contributed by atoms with E-state index in [0.29, 0.717) is 17.2 Å². The Morgan fingerprint density at radius 1 is 1.36 bits per heavy atom. The van der Waals surface area contributed by atoms with Gasteiger partial charge in [0.15, 0.2) is 0 Å². The fourth-order valence-electron chi connectivity index (χ4n) is 2.22. The molecular weight excluding hydrogens is 287 g/mol. The molecule has 7 heteroatoms. The number of fused-ring (bicyclic) bond motifs is 1. The molecule has 0 bridgehead atoms. The number of hydrogen-bond acceptors (Lipinski definition) is 4. The van der Waals surface area contributed by atoms with Crippen LogP contribution < -0.4 is 15.5 Å². The van der Waals surface area contributed by atoms with Crippen LogP contribution in [0.4, 0.5) is 21.6 Å². The van der Waals surface area contributed by atoms with E-state index in [1.807, 2.05) is 0 Å². The minimum atomic E-state index is -0.404. The van der Waals surface area contributed by atoms with Crippen molar-refractivity contribution in [3.05, 3.63) is 48.4 Å². The number of halogens is 1. The molecule has 0 fully saturated rings. The van der Waals surface area contributed by atoms with Crippen LogP contribution in [0.2, 0.25) is 0 Å². The highest BCUT2D eigenvalue weighted by molar-refractivity contribution is 6.07. The van der Waals surface area contributed by atoms with Gasteiger partial charge in [0.25, 0.3) is 0 Å². The maximum Gasteiger partial charge on any atom is 0.246 e. The summed E-state index contributed by atoms with van der Waals surface area (Å²) in [7, 11) is 0. The molecule has 112 valence electrons. The van der Waals surface area contributed by atoms with E-state index in [1.54, 1.807) is 24.4 Å². The van der Waals surface area contributed by atoms with Gasteiger partial charge in [0.05, 0.1) is 17.9 Å². The molecule has 0 unspecified atom stereocenters. The van der Waals surface area contributed by atoms with Crippen LogP contribution in [0.3, 0.4) is 0 Å². The van der Waals surface area contributed by atoms with E-state index in [0.717, 1.165) is 0 Å².